The zero-order valence-corrected chi connectivity index (χ0v) is 8.76. The van der Waals surface area contributed by atoms with Crippen LogP contribution in [-0.4, -0.2) is 5.78 Å². The van der Waals surface area contributed by atoms with Gasteiger partial charge >= 0.3 is 0 Å². The van der Waals surface area contributed by atoms with Gasteiger partial charge in [-0.2, -0.15) is 0 Å². The van der Waals surface area contributed by atoms with Gasteiger partial charge in [0.15, 0.2) is 5.78 Å². The highest BCUT2D eigenvalue weighted by Gasteiger charge is 2.29. The van der Waals surface area contributed by atoms with Crippen LogP contribution in [0.5, 0.6) is 0 Å². The number of fused-ring (bicyclic) bond motifs is 1. The number of hydrogen-bond donors (Lipinski definition) is 0. The van der Waals surface area contributed by atoms with Gasteiger partial charge in [-0.3, -0.25) is 4.79 Å². The van der Waals surface area contributed by atoms with E-state index in [-0.39, 0.29) is 11.7 Å². The molecule has 0 bridgehead atoms. The molecule has 0 spiro atoms. The third kappa shape index (κ3) is 1.36. The van der Waals surface area contributed by atoms with Gasteiger partial charge in [0.25, 0.3) is 0 Å². The Labute approximate surface area is 94.7 Å². The van der Waals surface area contributed by atoms with Gasteiger partial charge in [-0.05, 0) is 11.1 Å². The number of benzene rings is 2. The van der Waals surface area contributed by atoms with Gasteiger partial charge in [-0.25, -0.2) is 0 Å². The summed E-state index contributed by atoms with van der Waals surface area (Å²) in [6.45, 7) is 0. The molecule has 3 rings (SSSR count). The van der Waals surface area contributed by atoms with Crippen molar-refractivity contribution in [3.63, 3.8) is 0 Å². The van der Waals surface area contributed by atoms with Crippen LogP contribution in [0.2, 0.25) is 0 Å². The van der Waals surface area contributed by atoms with Gasteiger partial charge in [-0.15, -0.1) is 0 Å². The van der Waals surface area contributed by atoms with Gasteiger partial charge in [0.1, 0.15) is 0 Å². The number of hydrogen-bond acceptors (Lipinski definition) is 1. The predicted molar refractivity (Wildman–Crippen MR) is 63.4 cm³/mol. The molecule has 1 unspecified atom stereocenters. The lowest BCUT2D eigenvalue weighted by atomic mass is 9.93. The molecule has 1 atom stereocenters. The van der Waals surface area contributed by atoms with E-state index in [0.29, 0.717) is 0 Å². The zero-order valence-electron chi connectivity index (χ0n) is 8.76. The molecule has 0 saturated heterocycles. The maximum atomic E-state index is 11.8. The van der Waals surface area contributed by atoms with Gasteiger partial charge in [0, 0.05) is 17.9 Å². The SMILES string of the molecule is O=C1[CH]C(c2ccccc2)c2ccccc21. The molecule has 0 amide bonds. The first-order valence-electron chi connectivity index (χ1n) is 5.39. The first-order valence-corrected chi connectivity index (χ1v) is 5.39. The van der Waals surface area contributed by atoms with Crippen LogP contribution in [0.3, 0.4) is 0 Å². The molecule has 1 radical (unpaired) electrons. The average Bonchev–Trinajstić information content (AvgIpc) is 2.69. The Hall–Kier alpha value is -1.89. The van der Waals surface area contributed by atoms with Crippen molar-refractivity contribution in [3.8, 4) is 0 Å². The van der Waals surface area contributed by atoms with E-state index in [0.717, 1.165) is 11.1 Å². The number of carbonyl (C=O) groups excluding carboxylic acids is 1. The molecule has 0 N–H and O–H groups in total. The van der Waals surface area contributed by atoms with Crippen molar-refractivity contribution in [2.75, 3.05) is 0 Å². The highest BCUT2D eigenvalue weighted by molar-refractivity contribution is 6.08. The maximum absolute atomic E-state index is 11.8. The highest BCUT2D eigenvalue weighted by atomic mass is 16.1. The number of Topliss-reactive ketones (excluding diaryl/α,β-unsaturated/α-hetero) is 1. The van der Waals surface area contributed by atoms with Crippen LogP contribution in [0.1, 0.15) is 27.4 Å². The lowest BCUT2D eigenvalue weighted by Crippen LogP contribution is -1.96. The summed E-state index contributed by atoms with van der Waals surface area (Å²) in [5, 5.41) is 0. The van der Waals surface area contributed by atoms with E-state index in [9.17, 15) is 4.79 Å². The molecule has 1 heteroatoms. The normalized spacial score (nSPS) is 18.5. The van der Waals surface area contributed by atoms with Crippen LogP contribution >= 0.6 is 0 Å². The summed E-state index contributed by atoms with van der Waals surface area (Å²) < 4.78 is 0. The summed E-state index contributed by atoms with van der Waals surface area (Å²) in [4.78, 5) is 11.8. The monoisotopic (exact) mass is 207 g/mol. The highest BCUT2D eigenvalue weighted by Crippen LogP contribution is 2.36. The maximum Gasteiger partial charge on any atom is 0.167 e. The molecule has 2 aromatic rings. The first kappa shape index (κ1) is 9.34. The fourth-order valence-corrected chi connectivity index (χ4v) is 2.26. The smallest absolute Gasteiger partial charge is 0.167 e. The van der Waals surface area contributed by atoms with Crippen LogP contribution in [0.25, 0.3) is 0 Å². The molecule has 1 nitrogen and oxygen atoms in total. The third-order valence-corrected chi connectivity index (χ3v) is 3.04. The van der Waals surface area contributed by atoms with Crippen molar-refractivity contribution >= 4 is 5.78 Å². The van der Waals surface area contributed by atoms with E-state index < -0.39 is 0 Å². The number of ketones is 1. The molecule has 2 aromatic carbocycles. The Bertz CT molecular complexity index is 528. The van der Waals surface area contributed by atoms with Crippen molar-refractivity contribution in [1.82, 2.24) is 0 Å². The van der Waals surface area contributed by atoms with Crippen molar-refractivity contribution < 1.29 is 4.79 Å². The Morgan fingerprint density at radius 1 is 0.812 bits per heavy atom. The molecule has 1 aliphatic rings. The molecule has 0 aliphatic heterocycles. The van der Waals surface area contributed by atoms with Gasteiger partial charge in [0.05, 0.1) is 0 Å². The summed E-state index contributed by atoms with van der Waals surface area (Å²) in [5.41, 5.74) is 3.15. The van der Waals surface area contributed by atoms with Crippen molar-refractivity contribution in [3.05, 3.63) is 77.7 Å². The molecule has 0 aromatic heterocycles. The molecule has 0 fully saturated rings. The lowest BCUT2D eigenvalue weighted by molar-refractivity contribution is 0.103. The predicted octanol–water partition coefficient (Wildman–Crippen LogP) is 3.22. The van der Waals surface area contributed by atoms with Gasteiger partial charge in [0.2, 0.25) is 0 Å². The Morgan fingerprint density at radius 2 is 1.50 bits per heavy atom. The van der Waals surface area contributed by atoms with Crippen LogP contribution in [0.4, 0.5) is 0 Å². The Kier molecular flexibility index (Phi) is 2.10. The van der Waals surface area contributed by atoms with E-state index in [2.05, 4.69) is 12.1 Å². The summed E-state index contributed by atoms with van der Waals surface area (Å²) in [7, 11) is 0. The van der Waals surface area contributed by atoms with E-state index in [4.69, 9.17) is 0 Å². The zero-order chi connectivity index (χ0) is 11.0. The minimum Gasteiger partial charge on any atom is -0.294 e. The summed E-state index contributed by atoms with van der Waals surface area (Å²) in [6, 6.07) is 18.0. The van der Waals surface area contributed by atoms with Crippen LogP contribution < -0.4 is 0 Å². The molecular weight excluding hydrogens is 196 g/mol. The third-order valence-electron chi connectivity index (χ3n) is 3.04. The van der Waals surface area contributed by atoms with Crippen molar-refractivity contribution in [2.24, 2.45) is 0 Å². The molecule has 0 heterocycles. The van der Waals surface area contributed by atoms with Crippen LogP contribution in [0, 0.1) is 6.42 Å². The fourth-order valence-electron chi connectivity index (χ4n) is 2.26. The Morgan fingerprint density at radius 3 is 2.31 bits per heavy atom. The number of rotatable bonds is 1. The summed E-state index contributed by atoms with van der Waals surface area (Å²) in [5.74, 6) is 0.273. The summed E-state index contributed by atoms with van der Waals surface area (Å²) in [6.07, 6.45) is 1.81. The average molecular weight is 207 g/mol. The second kappa shape index (κ2) is 3.60. The van der Waals surface area contributed by atoms with Gasteiger partial charge in [-0.1, -0.05) is 54.6 Å². The standard InChI is InChI=1S/C15H11O/c16-15-10-14(11-6-2-1-3-7-11)12-8-4-5-9-13(12)15/h1-10,14H. The minimum atomic E-state index is 0.130. The van der Waals surface area contributed by atoms with Crippen molar-refractivity contribution in [1.29, 1.82) is 0 Å². The molecular formula is C15H11O. The Balaban J connectivity index is 2.11. The summed E-state index contributed by atoms with van der Waals surface area (Å²) >= 11 is 0. The quantitative estimate of drug-likeness (QED) is 0.701. The van der Waals surface area contributed by atoms with Crippen molar-refractivity contribution in [2.45, 2.75) is 5.92 Å². The van der Waals surface area contributed by atoms with E-state index in [1.54, 1.807) is 6.42 Å². The largest absolute Gasteiger partial charge is 0.294 e. The van der Waals surface area contributed by atoms with E-state index in [1.807, 2.05) is 42.5 Å². The first-order chi connectivity index (χ1) is 7.86. The second-order valence-corrected chi connectivity index (χ2v) is 4.01. The second-order valence-electron chi connectivity index (χ2n) is 4.01. The van der Waals surface area contributed by atoms with Crippen LogP contribution in [-0.2, 0) is 0 Å². The van der Waals surface area contributed by atoms with E-state index >= 15 is 0 Å². The molecule has 77 valence electrons. The van der Waals surface area contributed by atoms with E-state index in [1.165, 1.54) is 5.56 Å². The molecule has 1 aliphatic carbocycles. The lowest BCUT2D eigenvalue weighted by Gasteiger charge is -2.10. The number of carbonyl (C=O) groups is 1. The topological polar surface area (TPSA) is 17.1 Å². The van der Waals surface area contributed by atoms with Crippen LogP contribution in [0.15, 0.2) is 54.6 Å². The fraction of sp³-hybridized carbons (Fsp3) is 0.0667. The van der Waals surface area contributed by atoms with Gasteiger partial charge < -0.3 is 0 Å². The molecule has 16 heavy (non-hydrogen) atoms. The molecule has 0 saturated carbocycles. The minimum absolute atomic E-state index is 0.130.